The Balaban J connectivity index is 2.34. The van der Waals surface area contributed by atoms with Crippen molar-refractivity contribution in [3.8, 4) is 11.5 Å². The molecule has 0 amide bonds. The summed E-state index contributed by atoms with van der Waals surface area (Å²) >= 11 is 3.32. The summed E-state index contributed by atoms with van der Waals surface area (Å²) < 4.78 is 5.54. The minimum absolute atomic E-state index is 0.365. The Labute approximate surface area is 105 Å². The molecule has 0 atom stereocenters. The van der Waals surface area contributed by atoms with Crippen LogP contribution in [0.3, 0.4) is 0 Å². The summed E-state index contributed by atoms with van der Waals surface area (Å²) in [5.74, 6) is -1.18. The number of benzene rings is 1. The molecule has 2 rings (SSSR count). The van der Waals surface area contributed by atoms with Crippen molar-refractivity contribution < 1.29 is 14.6 Å². The van der Waals surface area contributed by atoms with E-state index in [9.17, 15) is 15.0 Å². The van der Waals surface area contributed by atoms with Crippen LogP contribution < -0.4 is 5.63 Å². The van der Waals surface area contributed by atoms with Crippen molar-refractivity contribution >= 4 is 15.9 Å². The van der Waals surface area contributed by atoms with E-state index in [0.29, 0.717) is 12.0 Å². The minimum Gasteiger partial charge on any atom is -0.504 e. The average Bonchev–Trinajstić information content (AvgIpc) is 2.33. The molecule has 0 spiro atoms. The first-order chi connectivity index (χ1) is 8.08. The molecule has 0 aliphatic carbocycles. The van der Waals surface area contributed by atoms with Gasteiger partial charge in [-0.1, -0.05) is 28.1 Å². The van der Waals surface area contributed by atoms with E-state index >= 15 is 0 Å². The van der Waals surface area contributed by atoms with Gasteiger partial charge < -0.3 is 14.6 Å². The molecule has 0 saturated heterocycles. The Bertz CT molecular complexity index is 586. The Morgan fingerprint density at radius 2 is 1.76 bits per heavy atom. The highest BCUT2D eigenvalue weighted by Crippen LogP contribution is 2.27. The van der Waals surface area contributed by atoms with Crippen LogP contribution in [0.5, 0.6) is 11.5 Å². The zero-order valence-electron chi connectivity index (χ0n) is 8.68. The monoisotopic (exact) mass is 296 g/mol. The maximum atomic E-state index is 10.9. The van der Waals surface area contributed by atoms with Crippen molar-refractivity contribution in [1.82, 2.24) is 0 Å². The van der Waals surface area contributed by atoms with Crippen molar-refractivity contribution in [3.63, 3.8) is 0 Å². The molecule has 88 valence electrons. The topological polar surface area (TPSA) is 70.7 Å². The summed E-state index contributed by atoms with van der Waals surface area (Å²) in [7, 11) is 0. The van der Waals surface area contributed by atoms with Gasteiger partial charge in [0.1, 0.15) is 6.26 Å². The molecule has 1 heterocycles. The summed E-state index contributed by atoms with van der Waals surface area (Å²) in [6.45, 7) is 0. The van der Waals surface area contributed by atoms with Crippen molar-refractivity contribution in [2.45, 2.75) is 6.42 Å². The SMILES string of the molecule is O=c1occ(Cc2ccc(Br)cc2)c(O)c1O. The molecule has 0 aliphatic rings. The van der Waals surface area contributed by atoms with E-state index in [0.717, 1.165) is 16.3 Å². The second-order valence-electron chi connectivity index (χ2n) is 3.55. The third kappa shape index (κ3) is 2.50. The van der Waals surface area contributed by atoms with Crippen LogP contribution >= 0.6 is 15.9 Å². The lowest BCUT2D eigenvalue weighted by molar-refractivity contribution is 0.359. The minimum atomic E-state index is -0.943. The fraction of sp³-hybridized carbons (Fsp3) is 0.0833. The molecular weight excluding hydrogens is 288 g/mol. The third-order valence-corrected chi connectivity index (χ3v) is 2.87. The summed E-state index contributed by atoms with van der Waals surface area (Å²) in [4.78, 5) is 10.9. The molecule has 0 saturated carbocycles. The maximum absolute atomic E-state index is 10.9. The lowest BCUT2D eigenvalue weighted by Crippen LogP contribution is -2.00. The highest BCUT2D eigenvalue weighted by molar-refractivity contribution is 9.10. The van der Waals surface area contributed by atoms with Gasteiger partial charge in [-0.2, -0.15) is 0 Å². The number of rotatable bonds is 2. The number of aromatic hydroxyl groups is 2. The average molecular weight is 297 g/mol. The van der Waals surface area contributed by atoms with Gasteiger partial charge in [-0.05, 0) is 17.7 Å². The number of halogens is 1. The van der Waals surface area contributed by atoms with Gasteiger partial charge in [0.05, 0.1) is 0 Å². The second kappa shape index (κ2) is 4.63. The van der Waals surface area contributed by atoms with Crippen LogP contribution in [0.25, 0.3) is 0 Å². The largest absolute Gasteiger partial charge is 0.504 e. The van der Waals surface area contributed by atoms with E-state index < -0.39 is 17.1 Å². The van der Waals surface area contributed by atoms with Crippen LogP contribution in [0, 0.1) is 0 Å². The summed E-state index contributed by atoms with van der Waals surface area (Å²) in [5, 5.41) is 18.8. The van der Waals surface area contributed by atoms with E-state index in [2.05, 4.69) is 20.3 Å². The Hall–Kier alpha value is -1.75. The van der Waals surface area contributed by atoms with Crippen molar-refractivity contribution in [1.29, 1.82) is 0 Å². The van der Waals surface area contributed by atoms with Crippen LogP contribution in [0.15, 0.2) is 44.2 Å². The number of hydrogen-bond donors (Lipinski definition) is 2. The van der Waals surface area contributed by atoms with E-state index in [1.54, 1.807) is 0 Å². The van der Waals surface area contributed by atoms with Crippen molar-refractivity contribution in [3.05, 3.63) is 56.5 Å². The molecule has 0 radical (unpaired) electrons. The van der Waals surface area contributed by atoms with Gasteiger partial charge in [0, 0.05) is 16.5 Å². The highest BCUT2D eigenvalue weighted by Gasteiger charge is 2.12. The maximum Gasteiger partial charge on any atom is 0.382 e. The van der Waals surface area contributed by atoms with E-state index in [4.69, 9.17) is 0 Å². The Morgan fingerprint density at radius 3 is 2.41 bits per heavy atom. The van der Waals surface area contributed by atoms with E-state index in [1.165, 1.54) is 0 Å². The lowest BCUT2D eigenvalue weighted by Gasteiger charge is -2.04. The Kier molecular flexibility index (Phi) is 3.19. The molecule has 0 aliphatic heterocycles. The first-order valence-corrected chi connectivity index (χ1v) is 5.64. The van der Waals surface area contributed by atoms with Gasteiger partial charge in [-0.3, -0.25) is 0 Å². The first kappa shape index (κ1) is 11.7. The molecular formula is C12H9BrO4. The van der Waals surface area contributed by atoms with Crippen LogP contribution in [0.1, 0.15) is 11.1 Å². The van der Waals surface area contributed by atoms with Gasteiger partial charge in [0.15, 0.2) is 5.75 Å². The standard InChI is InChI=1S/C12H9BrO4/c13-9-3-1-7(2-4-9)5-8-6-17-12(16)11(15)10(8)14/h1-4,6,14-15H,5H2. The summed E-state index contributed by atoms with van der Waals surface area (Å²) in [6.07, 6.45) is 1.52. The molecule has 1 aromatic carbocycles. The predicted molar refractivity (Wildman–Crippen MR) is 65.3 cm³/mol. The molecule has 5 heteroatoms. The summed E-state index contributed by atoms with van der Waals surface area (Å²) in [5.41, 5.74) is 0.350. The predicted octanol–water partition coefficient (Wildman–Crippen LogP) is 2.40. The molecule has 17 heavy (non-hydrogen) atoms. The zero-order chi connectivity index (χ0) is 12.4. The molecule has 0 unspecified atom stereocenters. The normalized spacial score (nSPS) is 10.4. The van der Waals surface area contributed by atoms with Crippen LogP contribution in [-0.4, -0.2) is 10.2 Å². The molecule has 0 fully saturated rings. The fourth-order valence-electron chi connectivity index (χ4n) is 1.43. The quantitative estimate of drug-likeness (QED) is 0.893. The van der Waals surface area contributed by atoms with Crippen LogP contribution in [0.4, 0.5) is 0 Å². The van der Waals surface area contributed by atoms with Crippen molar-refractivity contribution in [2.75, 3.05) is 0 Å². The smallest absolute Gasteiger partial charge is 0.382 e. The van der Waals surface area contributed by atoms with Gasteiger partial charge in [-0.25, -0.2) is 4.79 Å². The van der Waals surface area contributed by atoms with Gasteiger partial charge in [-0.15, -0.1) is 0 Å². The fourth-order valence-corrected chi connectivity index (χ4v) is 1.70. The molecule has 2 N–H and O–H groups in total. The lowest BCUT2D eigenvalue weighted by atomic mass is 10.1. The van der Waals surface area contributed by atoms with E-state index in [1.807, 2.05) is 24.3 Å². The van der Waals surface area contributed by atoms with Crippen LogP contribution in [-0.2, 0) is 6.42 Å². The Morgan fingerprint density at radius 1 is 1.12 bits per heavy atom. The molecule has 4 nitrogen and oxygen atoms in total. The van der Waals surface area contributed by atoms with Gasteiger partial charge >= 0.3 is 5.63 Å². The van der Waals surface area contributed by atoms with Crippen molar-refractivity contribution in [2.24, 2.45) is 0 Å². The van der Waals surface area contributed by atoms with Gasteiger partial charge in [0.25, 0.3) is 0 Å². The van der Waals surface area contributed by atoms with Crippen LogP contribution in [0.2, 0.25) is 0 Å². The third-order valence-electron chi connectivity index (χ3n) is 2.34. The second-order valence-corrected chi connectivity index (χ2v) is 4.46. The summed E-state index contributed by atoms with van der Waals surface area (Å²) in [6, 6.07) is 7.47. The van der Waals surface area contributed by atoms with Gasteiger partial charge in [0.2, 0.25) is 5.75 Å². The molecule has 1 aromatic heterocycles. The van der Waals surface area contributed by atoms with E-state index in [-0.39, 0.29) is 0 Å². The molecule has 2 aromatic rings. The zero-order valence-corrected chi connectivity index (χ0v) is 10.3. The first-order valence-electron chi connectivity index (χ1n) is 4.85. The molecule has 0 bridgehead atoms. The number of hydrogen-bond acceptors (Lipinski definition) is 4. The highest BCUT2D eigenvalue weighted by atomic mass is 79.9.